The van der Waals surface area contributed by atoms with Crippen LogP contribution in [-0.4, -0.2) is 53.6 Å². The molecule has 2 saturated carbocycles. The minimum Gasteiger partial charge on any atom is -0.383 e. The van der Waals surface area contributed by atoms with Gasteiger partial charge in [0.2, 0.25) is 0 Å². The van der Waals surface area contributed by atoms with Gasteiger partial charge in [-0.1, -0.05) is 0 Å². The summed E-state index contributed by atoms with van der Waals surface area (Å²) in [4.78, 5) is 4.27. The van der Waals surface area contributed by atoms with Crippen LogP contribution in [0, 0.1) is 11.7 Å². The predicted molar refractivity (Wildman–Crippen MR) is 121 cm³/mol. The van der Waals surface area contributed by atoms with Gasteiger partial charge >= 0.3 is 0 Å². The highest BCUT2D eigenvalue weighted by Crippen LogP contribution is 2.30. The first-order valence-corrected chi connectivity index (χ1v) is 11.3. The van der Waals surface area contributed by atoms with Crippen LogP contribution < -0.4 is 16.0 Å². The minimum absolute atomic E-state index is 0.341. The first kappa shape index (κ1) is 21.9. The maximum Gasteiger partial charge on any atom is 0.149 e. The number of anilines is 2. The van der Waals surface area contributed by atoms with Gasteiger partial charge < -0.3 is 20.7 Å². The van der Waals surface area contributed by atoms with Crippen LogP contribution in [0.2, 0.25) is 0 Å². The molecule has 2 aromatic heterocycles. The molecule has 0 radical (unpaired) electrons. The van der Waals surface area contributed by atoms with Gasteiger partial charge in [0.15, 0.2) is 0 Å². The van der Waals surface area contributed by atoms with Gasteiger partial charge in [0.1, 0.15) is 17.5 Å². The van der Waals surface area contributed by atoms with Gasteiger partial charge in [-0.25, -0.2) is 9.37 Å². The smallest absolute Gasteiger partial charge is 0.149 e. The summed E-state index contributed by atoms with van der Waals surface area (Å²) < 4.78 is 19.8. The molecular formula is C23H33FN6O. The molecule has 2 heterocycles. The normalized spacial score (nSPS) is 22.2. The monoisotopic (exact) mass is 428 g/mol. The second-order valence-electron chi connectivity index (χ2n) is 8.92. The van der Waals surface area contributed by atoms with Crippen molar-refractivity contribution in [3.8, 4) is 11.1 Å². The largest absolute Gasteiger partial charge is 0.383 e. The third-order valence-corrected chi connectivity index (χ3v) is 6.11. The molecule has 2 aromatic rings. The lowest BCUT2D eigenvalue weighted by molar-refractivity contribution is 0.161. The molecule has 2 aliphatic rings. The molecule has 4 rings (SSSR count). The van der Waals surface area contributed by atoms with Crippen molar-refractivity contribution in [2.75, 3.05) is 30.9 Å². The van der Waals surface area contributed by atoms with Crippen molar-refractivity contribution in [1.82, 2.24) is 20.5 Å². The number of halogens is 1. The van der Waals surface area contributed by atoms with Crippen molar-refractivity contribution in [2.24, 2.45) is 5.92 Å². The number of rotatable bonds is 10. The molecule has 168 valence electrons. The number of hydrogen-bond donors (Lipinski definition) is 3. The van der Waals surface area contributed by atoms with Crippen LogP contribution in [-0.2, 0) is 4.74 Å². The van der Waals surface area contributed by atoms with E-state index in [1.165, 1.54) is 19.0 Å². The quantitative estimate of drug-likeness (QED) is 0.530. The van der Waals surface area contributed by atoms with Gasteiger partial charge in [0, 0.05) is 42.9 Å². The molecule has 0 spiro atoms. The summed E-state index contributed by atoms with van der Waals surface area (Å²) in [5.41, 5.74) is 1.20. The highest BCUT2D eigenvalue weighted by atomic mass is 19.1. The number of nitrogens with one attached hydrogen (secondary N) is 3. The molecule has 7 nitrogen and oxygen atoms in total. The topological polar surface area (TPSA) is 84.0 Å². The second-order valence-corrected chi connectivity index (χ2v) is 8.92. The van der Waals surface area contributed by atoms with Gasteiger partial charge in [-0.05, 0) is 63.5 Å². The first-order valence-electron chi connectivity index (χ1n) is 11.3. The Balaban J connectivity index is 1.35. The van der Waals surface area contributed by atoms with Gasteiger partial charge in [0.05, 0.1) is 19.0 Å². The Morgan fingerprint density at radius 1 is 1.06 bits per heavy atom. The fraction of sp³-hybridized carbons (Fsp3) is 0.609. The zero-order valence-corrected chi connectivity index (χ0v) is 18.4. The highest BCUT2D eigenvalue weighted by molar-refractivity contribution is 5.68. The molecule has 2 fully saturated rings. The zero-order valence-electron chi connectivity index (χ0n) is 18.4. The summed E-state index contributed by atoms with van der Waals surface area (Å²) in [6.45, 7) is 3.77. The summed E-state index contributed by atoms with van der Waals surface area (Å²) in [5.74, 6) is 1.76. The van der Waals surface area contributed by atoms with Crippen molar-refractivity contribution in [3.05, 3.63) is 30.3 Å². The van der Waals surface area contributed by atoms with Crippen LogP contribution in [0.3, 0.4) is 0 Å². The summed E-state index contributed by atoms with van der Waals surface area (Å²) >= 11 is 0. The van der Waals surface area contributed by atoms with Crippen molar-refractivity contribution in [2.45, 2.75) is 63.6 Å². The van der Waals surface area contributed by atoms with Crippen molar-refractivity contribution in [3.63, 3.8) is 0 Å². The van der Waals surface area contributed by atoms with Crippen LogP contribution in [0.1, 0.15) is 45.4 Å². The van der Waals surface area contributed by atoms with Crippen LogP contribution >= 0.6 is 0 Å². The maximum absolute atomic E-state index is 14.5. The molecule has 0 aliphatic heterocycles. The van der Waals surface area contributed by atoms with Gasteiger partial charge in [-0.3, -0.25) is 0 Å². The predicted octanol–water partition coefficient (Wildman–Crippen LogP) is 3.85. The Bertz CT molecular complexity index is 854. The van der Waals surface area contributed by atoms with Crippen LogP contribution in [0.25, 0.3) is 11.1 Å². The van der Waals surface area contributed by atoms with Gasteiger partial charge in [0.25, 0.3) is 0 Å². The second kappa shape index (κ2) is 10.3. The van der Waals surface area contributed by atoms with Crippen LogP contribution in [0.5, 0.6) is 0 Å². The number of pyridine rings is 1. The third-order valence-electron chi connectivity index (χ3n) is 6.11. The Kier molecular flexibility index (Phi) is 7.29. The summed E-state index contributed by atoms with van der Waals surface area (Å²) in [6, 6.07) is 4.85. The van der Waals surface area contributed by atoms with Crippen molar-refractivity contribution >= 4 is 11.6 Å². The lowest BCUT2D eigenvalue weighted by Crippen LogP contribution is -2.42. The Morgan fingerprint density at radius 2 is 1.84 bits per heavy atom. The third kappa shape index (κ3) is 6.33. The SMILES string of the molecule is COCC(C)NC1CCC(Nc2cc(-c3cnnc(NCC4CC4)c3)c(F)cn2)CC1. The van der Waals surface area contributed by atoms with E-state index >= 15 is 0 Å². The fourth-order valence-corrected chi connectivity index (χ4v) is 4.22. The minimum atomic E-state index is -0.355. The molecule has 2 aliphatic carbocycles. The van der Waals surface area contributed by atoms with Crippen molar-refractivity contribution < 1.29 is 9.13 Å². The number of nitrogens with zero attached hydrogens (tertiary/aromatic N) is 3. The van der Waals surface area contributed by atoms with E-state index in [0.717, 1.165) is 44.8 Å². The molecule has 1 atom stereocenters. The number of hydrogen-bond acceptors (Lipinski definition) is 7. The molecule has 8 heteroatoms. The lowest BCUT2D eigenvalue weighted by atomic mass is 9.90. The van der Waals surface area contributed by atoms with E-state index in [2.05, 4.69) is 38.1 Å². The average molecular weight is 429 g/mol. The Hall–Kier alpha value is -2.32. The molecule has 31 heavy (non-hydrogen) atoms. The fourth-order valence-electron chi connectivity index (χ4n) is 4.22. The van der Waals surface area contributed by atoms with E-state index in [1.54, 1.807) is 19.4 Å². The number of methoxy groups -OCH3 is 1. The molecule has 0 aromatic carbocycles. The van der Waals surface area contributed by atoms with E-state index in [9.17, 15) is 4.39 Å². The van der Waals surface area contributed by atoms with E-state index < -0.39 is 0 Å². The molecule has 3 N–H and O–H groups in total. The number of aromatic nitrogens is 3. The van der Waals surface area contributed by atoms with Crippen LogP contribution in [0.15, 0.2) is 24.5 Å². The summed E-state index contributed by atoms with van der Waals surface area (Å²) in [6.07, 6.45) is 9.72. The molecule has 0 bridgehead atoms. The average Bonchev–Trinajstić information content (AvgIpc) is 3.60. The van der Waals surface area contributed by atoms with Gasteiger partial charge in [-0.2, -0.15) is 5.10 Å². The lowest BCUT2D eigenvalue weighted by Gasteiger charge is -2.31. The summed E-state index contributed by atoms with van der Waals surface area (Å²) in [5, 5.41) is 18.6. The van der Waals surface area contributed by atoms with E-state index in [0.29, 0.717) is 40.9 Å². The zero-order chi connectivity index (χ0) is 21.6. The molecule has 0 saturated heterocycles. The van der Waals surface area contributed by atoms with E-state index in [1.807, 2.05) is 6.07 Å². The van der Waals surface area contributed by atoms with Gasteiger partial charge in [-0.15, -0.1) is 5.10 Å². The molecular weight excluding hydrogens is 395 g/mol. The van der Waals surface area contributed by atoms with Crippen molar-refractivity contribution in [1.29, 1.82) is 0 Å². The molecule has 1 unspecified atom stereocenters. The Morgan fingerprint density at radius 3 is 2.58 bits per heavy atom. The highest BCUT2D eigenvalue weighted by Gasteiger charge is 2.23. The summed E-state index contributed by atoms with van der Waals surface area (Å²) in [7, 11) is 1.73. The molecule has 0 amide bonds. The van der Waals surface area contributed by atoms with E-state index in [4.69, 9.17) is 4.74 Å². The Labute approximate surface area is 183 Å². The maximum atomic E-state index is 14.5. The standard InChI is InChI=1S/C23H33FN6O/c1-15(14-31-2)28-18-5-7-19(8-6-18)29-22-10-20(21(24)13-26-22)17-9-23(30-27-12-17)25-11-16-3-4-16/h9-10,12-13,15-16,18-19,28H,3-8,11,14H2,1-2H3,(H,25,30)(H,26,29). The first-order chi connectivity index (χ1) is 15.1. The van der Waals surface area contributed by atoms with E-state index in [-0.39, 0.29) is 5.82 Å². The number of ether oxygens (including phenoxy) is 1. The van der Waals surface area contributed by atoms with Crippen LogP contribution in [0.4, 0.5) is 16.0 Å².